The van der Waals surface area contributed by atoms with E-state index >= 15 is 0 Å². The van der Waals surface area contributed by atoms with E-state index in [0.29, 0.717) is 20.5 Å². The molecule has 1 aliphatic heterocycles. The standard InChI is InChI=1S/C18H14N2O6S2/c1-25-13-7-10(8-14(26-2)16(13)21)9-15-17(22)19(18(27)28-15)11-3-5-12(6-4-11)20(23)24/h3-9,21H,1-2H3/b15-9-. The molecule has 0 aliphatic carbocycles. The largest absolute Gasteiger partial charge is 0.502 e. The van der Waals surface area contributed by atoms with E-state index in [0.717, 1.165) is 11.8 Å². The fraction of sp³-hybridized carbons (Fsp3) is 0.111. The van der Waals surface area contributed by atoms with Crippen LogP contribution in [0.4, 0.5) is 11.4 Å². The first-order valence-corrected chi connectivity index (χ1v) is 9.05. The van der Waals surface area contributed by atoms with Crippen LogP contribution in [-0.4, -0.2) is 34.5 Å². The van der Waals surface area contributed by atoms with Crippen molar-refractivity contribution in [1.29, 1.82) is 0 Å². The van der Waals surface area contributed by atoms with Crippen LogP contribution in [0.1, 0.15) is 5.56 Å². The molecule has 2 aromatic rings. The zero-order valence-corrected chi connectivity index (χ0v) is 16.4. The summed E-state index contributed by atoms with van der Waals surface area (Å²) in [7, 11) is 2.82. The maximum Gasteiger partial charge on any atom is 0.270 e. The Kier molecular flexibility index (Phi) is 5.52. The first-order chi connectivity index (χ1) is 13.3. The molecule has 1 heterocycles. The molecule has 0 unspecified atom stereocenters. The van der Waals surface area contributed by atoms with Gasteiger partial charge in [0.2, 0.25) is 5.75 Å². The molecule has 28 heavy (non-hydrogen) atoms. The third-order valence-corrected chi connectivity index (χ3v) is 5.21. The monoisotopic (exact) mass is 418 g/mol. The summed E-state index contributed by atoms with van der Waals surface area (Å²) in [6.45, 7) is 0. The first kappa shape index (κ1) is 19.6. The van der Waals surface area contributed by atoms with Crippen LogP contribution in [0.2, 0.25) is 0 Å². The van der Waals surface area contributed by atoms with Crippen molar-refractivity contribution in [1.82, 2.24) is 0 Å². The van der Waals surface area contributed by atoms with Gasteiger partial charge in [-0.25, -0.2) is 0 Å². The predicted octanol–water partition coefficient (Wildman–Crippen LogP) is 3.72. The molecule has 1 N–H and O–H groups in total. The number of ether oxygens (including phenoxy) is 2. The first-order valence-electron chi connectivity index (χ1n) is 7.83. The van der Waals surface area contributed by atoms with Crippen LogP contribution in [-0.2, 0) is 4.79 Å². The number of nitrogens with zero attached hydrogens (tertiary/aromatic N) is 2. The van der Waals surface area contributed by atoms with Crippen LogP contribution >= 0.6 is 24.0 Å². The van der Waals surface area contributed by atoms with Gasteiger partial charge in [-0.3, -0.25) is 19.8 Å². The zero-order chi connectivity index (χ0) is 20.4. The highest BCUT2D eigenvalue weighted by molar-refractivity contribution is 8.27. The number of methoxy groups -OCH3 is 2. The number of thioether (sulfide) groups is 1. The van der Waals surface area contributed by atoms with Crippen LogP contribution in [0.5, 0.6) is 17.2 Å². The molecule has 2 aromatic carbocycles. The van der Waals surface area contributed by atoms with Gasteiger partial charge in [-0.1, -0.05) is 24.0 Å². The smallest absolute Gasteiger partial charge is 0.270 e. The van der Waals surface area contributed by atoms with Crippen molar-refractivity contribution < 1.29 is 24.3 Å². The minimum absolute atomic E-state index is 0.0759. The average Bonchev–Trinajstić information content (AvgIpc) is 2.96. The van der Waals surface area contributed by atoms with Gasteiger partial charge in [0.25, 0.3) is 11.6 Å². The van der Waals surface area contributed by atoms with E-state index < -0.39 is 4.92 Å². The lowest BCUT2D eigenvalue weighted by Gasteiger charge is -2.14. The van der Waals surface area contributed by atoms with Crippen LogP contribution in [0.3, 0.4) is 0 Å². The summed E-state index contributed by atoms with van der Waals surface area (Å²) >= 11 is 6.40. The maximum atomic E-state index is 12.8. The fourth-order valence-corrected chi connectivity index (χ4v) is 3.86. The quantitative estimate of drug-likeness (QED) is 0.339. The minimum Gasteiger partial charge on any atom is -0.502 e. The number of benzene rings is 2. The number of carbonyl (C=O) groups excluding carboxylic acids is 1. The Bertz CT molecular complexity index is 979. The Hall–Kier alpha value is -3.11. The van der Waals surface area contributed by atoms with Crippen LogP contribution in [0, 0.1) is 10.1 Å². The highest BCUT2D eigenvalue weighted by atomic mass is 32.2. The van der Waals surface area contributed by atoms with Gasteiger partial charge in [-0.15, -0.1) is 0 Å². The van der Waals surface area contributed by atoms with E-state index in [1.54, 1.807) is 18.2 Å². The number of carbonyl (C=O) groups is 1. The van der Waals surface area contributed by atoms with Gasteiger partial charge in [0.15, 0.2) is 15.8 Å². The molecule has 0 atom stereocenters. The van der Waals surface area contributed by atoms with Crippen molar-refractivity contribution in [2.45, 2.75) is 0 Å². The summed E-state index contributed by atoms with van der Waals surface area (Å²) in [5.74, 6) is -0.0802. The van der Waals surface area contributed by atoms with E-state index in [-0.39, 0.29) is 28.8 Å². The van der Waals surface area contributed by atoms with Gasteiger partial charge in [0.1, 0.15) is 0 Å². The number of hydrogen-bond acceptors (Lipinski definition) is 8. The number of amides is 1. The van der Waals surface area contributed by atoms with Gasteiger partial charge in [0, 0.05) is 12.1 Å². The number of phenolic OH excluding ortho intramolecular Hbond substituents is 1. The van der Waals surface area contributed by atoms with Crippen molar-refractivity contribution >= 4 is 51.7 Å². The van der Waals surface area contributed by atoms with Crippen molar-refractivity contribution in [3.05, 3.63) is 57.0 Å². The lowest BCUT2D eigenvalue weighted by atomic mass is 10.1. The molecule has 0 bridgehead atoms. The number of hydrogen-bond donors (Lipinski definition) is 1. The van der Waals surface area contributed by atoms with Gasteiger partial charge in [-0.05, 0) is 35.9 Å². The summed E-state index contributed by atoms with van der Waals surface area (Å²) in [4.78, 5) is 24.8. The maximum absolute atomic E-state index is 12.8. The average molecular weight is 418 g/mol. The number of anilines is 1. The van der Waals surface area contributed by atoms with Crippen molar-refractivity contribution in [3.63, 3.8) is 0 Å². The molecule has 0 radical (unpaired) electrons. The van der Waals surface area contributed by atoms with Crippen LogP contribution < -0.4 is 14.4 Å². The Morgan fingerprint density at radius 3 is 2.25 bits per heavy atom. The molecule has 1 amide bonds. The lowest BCUT2D eigenvalue weighted by molar-refractivity contribution is -0.384. The molecule has 10 heteroatoms. The number of aromatic hydroxyl groups is 1. The second-order valence-electron chi connectivity index (χ2n) is 5.56. The fourth-order valence-electron chi connectivity index (χ4n) is 2.56. The number of non-ortho nitro benzene ring substituents is 1. The third kappa shape index (κ3) is 3.64. The van der Waals surface area contributed by atoms with Gasteiger partial charge in [-0.2, -0.15) is 0 Å². The third-order valence-electron chi connectivity index (χ3n) is 3.91. The molecule has 8 nitrogen and oxygen atoms in total. The molecule has 0 spiro atoms. The molecule has 144 valence electrons. The molecule has 1 fully saturated rings. The molecule has 1 saturated heterocycles. The topological polar surface area (TPSA) is 102 Å². The minimum atomic E-state index is -0.514. The molecular weight excluding hydrogens is 404 g/mol. The Morgan fingerprint density at radius 1 is 1.18 bits per heavy atom. The summed E-state index contributed by atoms with van der Waals surface area (Å²) in [5.41, 5.74) is 0.945. The van der Waals surface area contributed by atoms with Crippen LogP contribution in [0.25, 0.3) is 6.08 Å². The summed E-state index contributed by atoms with van der Waals surface area (Å²) in [6, 6.07) is 8.70. The molecule has 0 saturated carbocycles. The predicted molar refractivity (Wildman–Crippen MR) is 110 cm³/mol. The van der Waals surface area contributed by atoms with E-state index in [9.17, 15) is 20.0 Å². The van der Waals surface area contributed by atoms with Crippen molar-refractivity contribution in [2.24, 2.45) is 0 Å². The molecular formula is C18H14N2O6S2. The second kappa shape index (κ2) is 7.87. The van der Waals surface area contributed by atoms with Crippen molar-refractivity contribution in [3.8, 4) is 17.2 Å². The number of thiocarbonyl (C=S) groups is 1. The summed E-state index contributed by atoms with van der Waals surface area (Å²) < 4.78 is 10.5. The van der Waals surface area contributed by atoms with E-state index in [1.807, 2.05) is 0 Å². The second-order valence-corrected chi connectivity index (χ2v) is 7.24. The summed E-state index contributed by atoms with van der Waals surface area (Å²) in [5, 5.41) is 20.8. The van der Waals surface area contributed by atoms with E-state index in [1.165, 1.54) is 43.4 Å². The molecule has 0 aromatic heterocycles. The Labute approximate surface area is 169 Å². The Morgan fingerprint density at radius 2 is 1.75 bits per heavy atom. The van der Waals surface area contributed by atoms with Gasteiger partial charge < -0.3 is 14.6 Å². The highest BCUT2D eigenvalue weighted by Crippen LogP contribution is 2.40. The summed E-state index contributed by atoms with van der Waals surface area (Å²) in [6.07, 6.45) is 1.61. The lowest BCUT2D eigenvalue weighted by Crippen LogP contribution is -2.27. The SMILES string of the molecule is COc1cc(/C=C2\SC(=S)N(c3ccc([N+](=O)[O-])cc3)C2=O)cc(OC)c1O. The Balaban J connectivity index is 1.94. The van der Waals surface area contributed by atoms with Gasteiger partial charge in [0.05, 0.1) is 29.7 Å². The van der Waals surface area contributed by atoms with E-state index in [2.05, 4.69) is 0 Å². The number of nitro groups is 1. The molecule has 3 rings (SSSR count). The van der Waals surface area contributed by atoms with Crippen molar-refractivity contribution in [2.75, 3.05) is 19.1 Å². The number of rotatable bonds is 5. The zero-order valence-electron chi connectivity index (χ0n) is 14.7. The van der Waals surface area contributed by atoms with Gasteiger partial charge >= 0.3 is 0 Å². The number of phenols is 1. The highest BCUT2D eigenvalue weighted by Gasteiger charge is 2.33. The normalized spacial score (nSPS) is 15.2. The molecule has 1 aliphatic rings. The number of nitro benzene ring substituents is 1. The van der Waals surface area contributed by atoms with E-state index in [4.69, 9.17) is 21.7 Å². The van der Waals surface area contributed by atoms with Crippen LogP contribution in [0.15, 0.2) is 41.3 Å².